The van der Waals surface area contributed by atoms with Crippen LogP contribution < -0.4 is 26.8 Å². The number of nitrogens with zero attached hydrogens (tertiary/aromatic N) is 3. The molecule has 1 atom stereocenters. The Morgan fingerprint density at radius 1 is 1.22 bits per heavy atom. The molecule has 2 aromatic carbocycles. The highest BCUT2D eigenvalue weighted by atomic mass is 32.2. The van der Waals surface area contributed by atoms with E-state index in [-0.39, 0.29) is 0 Å². The molecule has 1 aliphatic heterocycles. The molecule has 1 saturated heterocycles. The second-order valence-electron chi connectivity index (χ2n) is 6.97. The number of rotatable bonds is 8. The van der Waals surface area contributed by atoms with E-state index in [0.717, 1.165) is 48.0 Å². The Morgan fingerprint density at radius 2 is 2.06 bits per heavy atom. The summed E-state index contributed by atoms with van der Waals surface area (Å²) < 4.78 is 20.2. The zero-order valence-electron chi connectivity index (χ0n) is 17.5. The largest absolute Gasteiger partial charge is 0.379 e. The van der Waals surface area contributed by atoms with Crippen LogP contribution in [0.2, 0.25) is 0 Å². The zero-order chi connectivity index (χ0) is 22.2. The van der Waals surface area contributed by atoms with E-state index in [0.29, 0.717) is 23.3 Å². The van der Waals surface area contributed by atoms with Crippen molar-refractivity contribution in [2.45, 2.75) is 4.90 Å². The number of aromatic nitrogens is 1. The van der Waals surface area contributed by atoms with Gasteiger partial charge in [0.25, 0.3) is 11.4 Å². The van der Waals surface area contributed by atoms with Crippen LogP contribution in [0.25, 0.3) is 10.2 Å². The molecular formula is C20H27N8O2S2+. The van der Waals surface area contributed by atoms with Crippen molar-refractivity contribution in [3.8, 4) is 0 Å². The standard InChI is InChI=1S/C20H27N8O2S2/c21-25-19(26-27-20-24-17-6-1-2-7-18(17)31-20)23-15-4-3-5-16(14-15)32(29)22-8-9-28-10-12-30-13-11-28/h1-7,14,22,29H,8-13,21H2,(H,24,27)(H2,23,25,26)/q+1. The topological polar surface area (TPSA) is 132 Å². The molecule has 0 radical (unpaired) electrons. The number of morpholine rings is 1. The maximum absolute atomic E-state index is 10.5. The van der Waals surface area contributed by atoms with Crippen LogP contribution in [0.3, 0.4) is 0 Å². The van der Waals surface area contributed by atoms with Crippen molar-refractivity contribution in [3.05, 3.63) is 48.5 Å². The minimum atomic E-state index is -1.08. The smallest absolute Gasteiger partial charge is 0.275 e. The first-order valence-electron chi connectivity index (χ1n) is 10.2. The third-order valence-electron chi connectivity index (χ3n) is 4.77. The van der Waals surface area contributed by atoms with Crippen LogP contribution in [-0.2, 0) is 16.1 Å². The Hall–Kier alpha value is -2.45. The van der Waals surface area contributed by atoms with Crippen LogP contribution >= 0.6 is 11.3 Å². The van der Waals surface area contributed by atoms with E-state index in [1.54, 1.807) is 0 Å². The Labute approximate surface area is 193 Å². The number of guanidine groups is 1. The molecule has 0 spiro atoms. The average molecular weight is 476 g/mol. The molecule has 1 unspecified atom stereocenters. The quantitative estimate of drug-likeness (QED) is 0.0946. The molecule has 32 heavy (non-hydrogen) atoms. The summed E-state index contributed by atoms with van der Waals surface area (Å²) in [6, 6.07) is 15.3. The lowest BCUT2D eigenvalue weighted by molar-refractivity contribution is 0.0390. The lowest BCUT2D eigenvalue weighted by Gasteiger charge is -2.25. The second kappa shape index (κ2) is 11.4. The van der Waals surface area contributed by atoms with E-state index in [9.17, 15) is 4.55 Å². The van der Waals surface area contributed by atoms with Gasteiger partial charge in [-0.1, -0.05) is 29.5 Å². The molecule has 1 fully saturated rings. The summed E-state index contributed by atoms with van der Waals surface area (Å²) in [4.78, 5) is 12.0. The van der Waals surface area contributed by atoms with Crippen LogP contribution in [0.15, 0.2) is 58.4 Å². The molecule has 0 saturated carbocycles. The summed E-state index contributed by atoms with van der Waals surface area (Å²) in [7, 11) is 0. The van der Waals surface area contributed by atoms with Crippen molar-refractivity contribution in [2.24, 2.45) is 10.8 Å². The zero-order valence-corrected chi connectivity index (χ0v) is 19.1. The molecule has 0 aliphatic carbocycles. The molecule has 7 N–H and O–H groups in total. The van der Waals surface area contributed by atoms with Crippen LogP contribution in [-0.4, -0.2) is 59.8 Å². The van der Waals surface area contributed by atoms with Gasteiger partial charge in [0.15, 0.2) is 0 Å². The highest BCUT2D eigenvalue weighted by Gasteiger charge is 2.21. The van der Waals surface area contributed by atoms with Gasteiger partial charge in [0, 0.05) is 25.7 Å². The molecule has 2 heterocycles. The number of fused-ring (bicyclic) bond motifs is 1. The van der Waals surface area contributed by atoms with E-state index in [4.69, 9.17) is 10.6 Å². The lowest BCUT2D eigenvalue weighted by Crippen LogP contribution is -2.44. The number of para-hydroxylation sites is 1. The molecule has 0 amide bonds. The van der Waals surface area contributed by atoms with Gasteiger partial charge in [-0.05, 0) is 24.3 Å². The molecule has 10 nitrogen and oxygen atoms in total. The van der Waals surface area contributed by atoms with Crippen molar-refractivity contribution in [3.63, 3.8) is 0 Å². The number of aliphatic imine (C=N–C) groups is 1. The third kappa shape index (κ3) is 6.29. The highest BCUT2D eigenvalue weighted by Crippen LogP contribution is 2.24. The fourth-order valence-electron chi connectivity index (χ4n) is 3.15. The number of nitrogens with one attached hydrogen (secondary N) is 4. The molecule has 1 aliphatic rings. The number of anilines is 1. The summed E-state index contributed by atoms with van der Waals surface area (Å²) >= 11 is 0.441. The Kier molecular flexibility index (Phi) is 8.12. The van der Waals surface area contributed by atoms with E-state index < -0.39 is 11.4 Å². The third-order valence-corrected chi connectivity index (χ3v) is 6.90. The average Bonchev–Trinajstić information content (AvgIpc) is 3.25. The predicted octanol–water partition coefficient (Wildman–Crippen LogP) is 1.65. The molecule has 170 valence electrons. The fraction of sp³-hybridized carbons (Fsp3) is 0.300. The van der Waals surface area contributed by atoms with Gasteiger partial charge < -0.3 is 4.74 Å². The molecule has 4 rings (SSSR count). The van der Waals surface area contributed by atoms with Gasteiger partial charge in [-0.3, -0.25) is 21.2 Å². The summed E-state index contributed by atoms with van der Waals surface area (Å²) in [6.45, 7) is 4.95. The number of nitrogens with two attached hydrogens (primary N) is 1. The van der Waals surface area contributed by atoms with Gasteiger partial charge in [-0.15, -0.1) is 4.72 Å². The van der Waals surface area contributed by atoms with E-state index in [1.165, 1.54) is 11.3 Å². The van der Waals surface area contributed by atoms with Gasteiger partial charge in [0.1, 0.15) is 0 Å². The normalized spacial score (nSPS) is 16.1. The van der Waals surface area contributed by atoms with Gasteiger partial charge in [-0.25, -0.2) is 15.8 Å². The number of hydrogen-bond acceptors (Lipinski definition) is 9. The van der Waals surface area contributed by atoms with Crippen molar-refractivity contribution in [1.82, 2.24) is 25.5 Å². The van der Waals surface area contributed by atoms with Crippen LogP contribution in [0, 0.1) is 0 Å². The molecule has 12 heteroatoms. The minimum absolute atomic E-state index is 0.319. The second-order valence-corrected chi connectivity index (χ2v) is 9.33. The van der Waals surface area contributed by atoms with Crippen LogP contribution in [0.5, 0.6) is 0 Å². The van der Waals surface area contributed by atoms with Crippen molar-refractivity contribution in [2.75, 3.05) is 44.8 Å². The molecule has 3 aromatic rings. The van der Waals surface area contributed by atoms with E-state index in [1.807, 2.05) is 48.5 Å². The SMILES string of the molecule is NNC(=Nc1cccc([S+](O)NCCN2CCOCC2)c1)NNc1nc2ccccc2s1. The van der Waals surface area contributed by atoms with Gasteiger partial charge in [0.05, 0.1) is 35.7 Å². The summed E-state index contributed by atoms with van der Waals surface area (Å²) in [5.41, 5.74) is 10.1. The maximum atomic E-state index is 10.5. The predicted molar refractivity (Wildman–Crippen MR) is 131 cm³/mol. The highest BCUT2D eigenvalue weighted by molar-refractivity contribution is 7.89. The molecule has 1 aromatic heterocycles. The van der Waals surface area contributed by atoms with Gasteiger partial charge in [0.2, 0.25) is 16.0 Å². The first kappa shape index (κ1) is 22.7. The number of hydrazine groups is 2. The van der Waals surface area contributed by atoms with Crippen molar-refractivity contribution < 1.29 is 9.29 Å². The number of ether oxygens (including phenoxy) is 1. The summed E-state index contributed by atoms with van der Waals surface area (Å²) in [6.07, 6.45) is 0. The molecule has 0 bridgehead atoms. The fourth-order valence-corrected chi connectivity index (χ4v) is 4.86. The number of hydrogen-bond donors (Lipinski definition) is 6. The Balaban J connectivity index is 1.32. The minimum Gasteiger partial charge on any atom is -0.379 e. The number of thiazole rings is 1. The lowest BCUT2D eigenvalue weighted by atomic mass is 10.3. The maximum Gasteiger partial charge on any atom is 0.275 e. The summed E-state index contributed by atoms with van der Waals surface area (Å²) in [5, 5.41) is 0.698. The Bertz CT molecular complexity index is 1010. The van der Waals surface area contributed by atoms with Crippen LogP contribution in [0.1, 0.15) is 0 Å². The van der Waals surface area contributed by atoms with Crippen LogP contribution in [0.4, 0.5) is 10.8 Å². The first-order valence-corrected chi connectivity index (χ1v) is 12.2. The van der Waals surface area contributed by atoms with Gasteiger partial charge >= 0.3 is 0 Å². The molecular weight excluding hydrogens is 448 g/mol. The van der Waals surface area contributed by atoms with Gasteiger partial charge in [-0.2, -0.15) is 4.55 Å². The van der Waals surface area contributed by atoms with E-state index >= 15 is 0 Å². The summed E-state index contributed by atoms with van der Waals surface area (Å²) in [5.74, 6) is 5.94. The Morgan fingerprint density at radius 3 is 2.88 bits per heavy atom. The number of benzene rings is 2. The monoisotopic (exact) mass is 475 g/mol. The van der Waals surface area contributed by atoms with Crippen molar-refractivity contribution in [1.29, 1.82) is 0 Å². The van der Waals surface area contributed by atoms with E-state index in [2.05, 4.69) is 35.9 Å². The first-order chi connectivity index (χ1) is 15.7. The van der Waals surface area contributed by atoms with Crippen molar-refractivity contribution >= 4 is 49.7 Å².